The number of thiazole rings is 1. The molecule has 0 spiro atoms. The molecule has 23 heavy (non-hydrogen) atoms. The SMILES string of the molecule is NC[C@H]1CCC[C@H]1C(=O)Nc1ncc(Cc2ccccc2F)s1. The summed E-state index contributed by atoms with van der Waals surface area (Å²) in [6, 6.07) is 6.70. The standard InChI is InChI=1S/C17H20FN3OS/c18-15-7-2-1-4-11(15)8-13-10-20-17(23-13)21-16(22)14-6-3-5-12(14)9-19/h1-2,4,7,10,12,14H,3,5-6,8-9,19H2,(H,20,21,22)/t12-,14-/m1/s1. The number of aromatic nitrogens is 1. The highest BCUT2D eigenvalue weighted by Crippen LogP contribution is 2.32. The molecule has 1 aliphatic rings. The third-order valence-electron chi connectivity index (χ3n) is 4.40. The summed E-state index contributed by atoms with van der Waals surface area (Å²) in [5.41, 5.74) is 6.36. The highest BCUT2D eigenvalue weighted by atomic mass is 32.1. The van der Waals surface area contributed by atoms with E-state index in [1.165, 1.54) is 17.4 Å². The van der Waals surface area contributed by atoms with E-state index in [0.29, 0.717) is 23.7 Å². The van der Waals surface area contributed by atoms with E-state index in [1.807, 2.05) is 6.07 Å². The number of anilines is 1. The number of hydrogen-bond acceptors (Lipinski definition) is 4. The Balaban J connectivity index is 1.63. The smallest absolute Gasteiger partial charge is 0.229 e. The van der Waals surface area contributed by atoms with Crippen LogP contribution < -0.4 is 11.1 Å². The molecule has 2 atom stereocenters. The molecule has 6 heteroatoms. The lowest BCUT2D eigenvalue weighted by Crippen LogP contribution is -2.29. The van der Waals surface area contributed by atoms with Crippen LogP contribution in [0.4, 0.5) is 9.52 Å². The number of rotatable bonds is 5. The van der Waals surface area contributed by atoms with Crippen LogP contribution in [0.1, 0.15) is 29.7 Å². The Morgan fingerprint density at radius 3 is 3.00 bits per heavy atom. The average Bonchev–Trinajstić information content (AvgIpc) is 3.18. The Bertz CT molecular complexity index is 688. The Labute approximate surface area is 138 Å². The number of carbonyl (C=O) groups excluding carboxylic acids is 1. The normalized spacial score (nSPS) is 20.6. The summed E-state index contributed by atoms with van der Waals surface area (Å²) in [7, 11) is 0. The molecule has 1 aromatic carbocycles. The molecule has 3 rings (SSSR count). The van der Waals surface area contributed by atoms with Gasteiger partial charge in [0.25, 0.3) is 0 Å². The first-order chi connectivity index (χ1) is 11.2. The monoisotopic (exact) mass is 333 g/mol. The minimum absolute atomic E-state index is 0.00439. The predicted octanol–water partition coefficient (Wildman–Crippen LogP) is 3.19. The van der Waals surface area contributed by atoms with E-state index in [1.54, 1.807) is 18.3 Å². The molecule has 4 nitrogen and oxygen atoms in total. The van der Waals surface area contributed by atoms with Crippen molar-refractivity contribution in [1.82, 2.24) is 4.98 Å². The molecular formula is C17H20FN3OS. The second-order valence-electron chi connectivity index (χ2n) is 5.92. The van der Waals surface area contributed by atoms with Crippen molar-refractivity contribution in [2.75, 3.05) is 11.9 Å². The van der Waals surface area contributed by atoms with Gasteiger partial charge in [0.2, 0.25) is 5.91 Å². The highest BCUT2D eigenvalue weighted by molar-refractivity contribution is 7.15. The van der Waals surface area contributed by atoms with Gasteiger partial charge < -0.3 is 11.1 Å². The summed E-state index contributed by atoms with van der Waals surface area (Å²) in [6.07, 6.45) is 5.14. The molecule has 0 aliphatic heterocycles. The van der Waals surface area contributed by atoms with Crippen molar-refractivity contribution in [1.29, 1.82) is 0 Å². The van der Waals surface area contributed by atoms with Gasteiger partial charge in [0.15, 0.2) is 5.13 Å². The van der Waals surface area contributed by atoms with Gasteiger partial charge >= 0.3 is 0 Å². The summed E-state index contributed by atoms with van der Waals surface area (Å²) in [5.74, 6) is 0.0414. The maximum atomic E-state index is 13.7. The molecule has 1 amide bonds. The molecule has 0 bridgehead atoms. The zero-order chi connectivity index (χ0) is 16.2. The number of hydrogen-bond donors (Lipinski definition) is 2. The van der Waals surface area contributed by atoms with Gasteiger partial charge in [-0.2, -0.15) is 0 Å². The minimum atomic E-state index is -0.219. The number of halogens is 1. The predicted molar refractivity (Wildman–Crippen MR) is 89.8 cm³/mol. The van der Waals surface area contributed by atoms with Crippen LogP contribution in [0.5, 0.6) is 0 Å². The minimum Gasteiger partial charge on any atom is -0.330 e. The number of benzene rings is 1. The fraction of sp³-hybridized carbons (Fsp3) is 0.412. The van der Waals surface area contributed by atoms with Crippen LogP contribution >= 0.6 is 11.3 Å². The molecular weight excluding hydrogens is 313 g/mol. The zero-order valence-electron chi connectivity index (χ0n) is 12.8. The van der Waals surface area contributed by atoms with Crippen LogP contribution in [0.15, 0.2) is 30.5 Å². The van der Waals surface area contributed by atoms with Crippen molar-refractivity contribution in [3.8, 4) is 0 Å². The molecule has 2 aromatic rings. The number of nitrogens with two attached hydrogens (primary N) is 1. The summed E-state index contributed by atoms with van der Waals surface area (Å²) >= 11 is 1.39. The first kappa shape index (κ1) is 16.1. The molecule has 1 heterocycles. The Hall–Kier alpha value is -1.79. The third-order valence-corrected chi connectivity index (χ3v) is 5.32. The van der Waals surface area contributed by atoms with Crippen molar-refractivity contribution < 1.29 is 9.18 Å². The van der Waals surface area contributed by atoms with Crippen molar-refractivity contribution in [2.45, 2.75) is 25.7 Å². The second-order valence-corrected chi connectivity index (χ2v) is 7.04. The van der Waals surface area contributed by atoms with E-state index in [9.17, 15) is 9.18 Å². The molecule has 0 unspecified atom stereocenters. The summed E-state index contributed by atoms with van der Waals surface area (Å²) in [4.78, 5) is 17.5. The van der Waals surface area contributed by atoms with Crippen molar-refractivity contribution in [3.63, 3.8) is 0 Å². The lowest BCUT2D eigenvalue weighted by molar-refractivity contribution is -0.120. The Morgan fingerprint density at radius 1 is 1.39 bits per heavy atom. The van der Waals surface area contributed by atoms with Gasteiger partial charge in [-0.05, 0) is 36.9 Å². The van der Waals surface area contributed by atoms with E-state index >= 15 is 0 Å². The maximum absolute atomic E-state index is 13.7. The molecule has 122 valence electrons. The van der Waals surface area contributed by atoms with Gasteiger partial charge in [-0.25, -0.2) is 9.37 Å². The first-order valence-corrected chi connectivity index (χ1v) is 8.68. The van der Waals surface area contributed by atoms with Crippen LogP contribution in [-0.4, -0.2) is 17.4 Å². The van der Waals surface area contributed by atoms with E-state index in [-0.39, 0.29) is 23.6 Å². The van der Waals surface area contributed by atoms with Crippen molar-refractivity contribution in [2.24, 2.45) is 17.6 Å². The molecule has 0 radical (unpaired) electrons. The Kier molecular flexibility index (Phi) is 5.03. The second kappa shape index (κ2) is 7.19. The van der Waals surface area contributed by atoms with E-state index < -0.39 is 0 Å². The van der Waals surface area contributed by atoms with E-state index in [4.69, 9.17) is 5.73 Å². The maximum Gasteiger partial charge on any atom is 0.229 e. The Morgan fingerprint density at radius 2 is 2.22 bits per heavy atom. The van der Waals surface area contributed by atoms with E-state index in [0.717, 1.165) is 24.1 Å². The number of carbonyl (C=O) groups is 1. The van der Waals surface area contributed by atoms with Crippen LogP contribution in [0.25, 0.3) is 0 Å². The fourth-order valence-electron chi connectivity index (χ4n) is 3.14. The molecule has 1 fully saturated rings. The lowest BCUT2D eigenvalue weighted by atomic mass is 9.95. The highest BCUT2D eigenvalue weighted by Gasteiger charge is 2.32. The zero-order valence-corrected chi connectivity index (χ0v) is 13.6. The lowest BCUT2D eigenvalue weighted by Gasteiger charge is -2.16. The van der Waals surface area contributed by atoms with Gasteiger partial charge in [-0.15, -0.1) is 11.3 Å². The molecule has 1 saturated carbocycles. The number of amides is 1. The third kappa shape index (κ3) is 3.76. The molecule has 1 aliphatic carbocycles. The molecule has 0 saturated heterocycles. The quantitative estimate of drug-likeness (QED) is 0.883. The van der Waals surface area contributed by atoms with Crippen LogP contribution in [0.2, 0.25) is 0 Å². The molecule has 1 aromatic heterocycles. The van der Waals surface area contributed by atoms with Gasteiger partial charge in [-0.1, -0.05) is 24.6 Å². The van der Waals surface area contributed by atoms with Crippen LogP contribution in [-0.2, 0) is 11.2 Å². The summed E-state index contributed by atoms with van der Waals surface area (Å²) in [5, 5.41) is 3.46. The van der Waals surface area contributed by atoms with Gasteiger partial charge in [-0.3, -0.25) is 4.79 Å². The van der Waals surface area contributed by atoms with Gasteiger partial charge in [0, 0.05) is 23.4 Å². The van der Waals surface area contributed by atoms with Crippen LogP contribution in [0, 0.1) is 17.7 Å². The topological polar surface area (TPSA) is 68.0 Å². The fourth-order valence-corrected chi connectivity index (χ4v) is 3.98. The number of nitrogens with one attached hydrogen (secondary N) is 1. The molecule has 3 N–H and O–H groups in total. The largest absolute Gasteiger partial charge is 0.330 e. The van der Waals surface area contributed by atoms with E-state index in [2.05, 4.69) is 10.3 Å². The summed E-state index contributed by atoms with van der Waals surface area (Å²) < 4.78 is 13.7. The summed E-state index contributed by atoms with van der Waals surface area (Å²) in [6.45, 7) is 0.550. The van der Waals surface area contributed by atoms with Crippen LogP contribution in [0.3, 0.4) is 0 Å². The average molecular weight is 333 g/mol. The van der Waals surface area contributed by atoms with Crippen molar-refractivity contribution in [3.05, 3.63) is 46.7 Å². The first-order valence-electron chi connectivity index (χ1n) is 7.86. The number of nitrogens with zero attached hydrogens (tertiary/aromatic N) is 1. The van der Waals surface area contributed by atoms with Gasteiger partial charge in [0.1, 0.15) is 5.82 Å². The van der Waals surface area contributed by atoms with Crippen molar-refractivity contribution >= 4 is 22.4 Å². The van der Waals surface area contributed by atoms with Gasteiger partial charge in [0.05, 0.1) is 0 Å².